The highest BCUT2D eigenvalue weighted by Gasteiger charge is 2.30. The third-order valence-electron chi connectivity index (χ3n) is 3.61. The molecule has 21 heavy (non-hydrogen) atoms. The zero-order valence-corrected chi connectivity index (χ0v) is 11.2. The number of rotatable bonds is 2. The highest BCUT2D eigenvalue weighted by atomic mass is 16.5. The number of carboxylic acid groups (broad SMARTS) is 1. The van der Waals surface area contributed by atoms with Crippen molar-refractivity contribution in [3.05, 3.63) is 29.3 Å². The standard InChI is InChI=1S/C14H14N2O5/c17-12-6-8-1-2-9(5-10(8)15-12)13(18)16-3-4-21-11(7-16)14(19)20/h1-2,5,11H,3-4,6-7H2,(H,15,17)(H,19,20). The molecule has 1 unspecified atom stereocenters. The molecule has 110 valence electrons. The molecule has 0 spiro atoms. The molecule has 1 saturated heterocycles. The number of carbonyl (C=O) groups excluding carboxylic acids is 2. The lowest BCUT2D eigenvalue weighted by atomic mass is 10.1. The van der Waals surface area contributed by atoms with Gasteiger partial charge in [0.1, 0.15) is 0 Å². The smallest absolute Gasteiger partial charge is 0.334 e. The summed E-state index contributed by atoms with van der Waals surface area (Å²) in [5, 5.41) is 11.6. The van der Waals surface area contributed by atoms with Crippen molar-refractivity contribution in [2.75, 3.05) is 25.0 Å². The number of hydrogen-bond acceptors (Lipinski definition) is 4. The molecule has 2 aliphatic rings. The third-order valence-corrected chi connectivity index (χ3v) is 3.61. The van der Waals surface area contributed by atoms with Crippen LogP contribution in [0.5, 0.6) is 0 Å². The summed E-state index contributed by atoms with van der Waals surface area (Å²) in [4.78, 5) is 36.1. The van der Waals surface area contributed by atoms with Crippen molar-refractivity contribution < 1.29 is 24.2 Å². The molecule has 2 N–H and O–H groups in total. The first-order valence-corrected chi connectivity index (χ1v) is 6.61. The lowest BCUT2D eigenvalue weighted by Gasteiger charge is -2.31. The van der Waals surface area contributed by atoms with E-state index in [0.717, 1.165) is 5.56 Å². The molecular weight excluding hydrogens is 276 g/mol. The van der Waals surface area contributed by atoms with Gasteiger partial charge < -0.3 is 20.1 Å². The van der Waals surface area contributed by atoms with Crippen LogP contribution in [0.3, 0.4) is 0 Å². The largest absolute Gasteiger partial charge is 0.479 e. The van der Waals surface area contributed by atoms with Gasteiger partial charge >= 0.3 is 5.97 Å². The number of fused-ring (bicyclic) bond motifs is 1. The lowest BCUT2D eigenvalue weighted by Crippen LogP contribution is -2.48. The van der Waals surface area contributed by atoms with Gasteiger partial charge in [0.05, 0.1) is 19.6 Å². The molecule has 0 saturated carbocycles. The summed E-state index contributed by atoms with van der Waals surface area (Å²) in [7, 11) is 0. The fourth-order valence-corrected chi connectivity index (χ4v) is 2.51. The Morgan fingerprint density at radius 3 is 2.95 bits per heavy atom. The summed E-state index contributed by atoms with van der Waals surface area (Å²) in [5.41, 5.74) is 1.94. The summed E-state index contributed by atoms with van der Waals surface area (Å²) < 4.78 is 5.09. The van der Waals surface area contributed by atoms with E-state index in [0.29, 0.717) is 24.2 Å². The maximum absolute atomic E-state index is 12.4. The van der Waals surface area contributed by atoms with Gasteiger partial charge in [-0.25, -0.2) is 4.79 Å². The number of hydrogen-bond donors (Lipinski definition) is 2. The van der Waals surface area contributed by atoms with Gasteiger partial charge in [-0.3, -0.25) is 9.59 Å². The second kappa shape index (κ2) is 5.17. The van der Waals surface area contributed by atoms with Gasteiger partial charge in [0.15, 0.2) is 6.10 Å². The minimum absolute atomic E-state index is 0.0254. The van der Waals surface area contributed by atoms with E-state index in [1.54, 1.807) is 18.2 Å². The van der Waals surface area contributed by atoms with E-state index in [9.17, 15) is 14.4 Å². The van der Waals surface area contributed by atoms with Gasteiger partial charge in [0, 0.05) is 17.8 Å². The number of aliphatic carboxylic acids is 1. The van der Waals surface area contributed by atoms with Crippen molar-refractivity contribution in [1.82, 2.24) is 4.90 Å². The van der Waals surface area contributed by atoms with Crippen molar-refractivity contribution in [2.24, 2.45) is 0 Å². The molecule has 0 bridgehead atoms. The topological polar surface area (TPSA) is 95.9 Å². The van der Waals surface area contributed by atoms with E-state index < -0.39 is 12.1 Å². The number of benzene rings is 1. The van der Waals surface area contributed by atoms with Gasteiger partial charge in [-0.2, -0.15) is 0 Å². The zero-order valence-electron chi connectivity index (χ0n) is 11.2. The number of anilines is 1. The van der Waals surface area contributed by atoms with Crippen molar-refractivity contribution in [3.8, 4) is 0 Å². The summed E-state index contributed by atoms with van der Waals surface area (Å²) in [6.45, 7) is 0.577. The molecule has 1 atom stereocenters. The maximum Gasteiger partial charge on any atom is 0.334 e. The zero-order chi connectivity index (χ0) is 15.0. The molecular formula is C14H14N2O5. The van der Waals surface area contributed by atoms with E-state index in [2.05, 4.69) is 5.32 Å². The van der Waals surface area contributed by atoms with Crippen LogP contribution in [0.4, 0.5) is 5.69 Å². The molecule has 2 amide bonds. The quantitative estimate of drug-likeness (QED) is 0.805. The van der Waals surface area contributed by atoms with E-state index in [4.69, 9.17) is 9.84 Å². The average molecular weight is 290 g/mol. The Hall–Kier alpha value is -2.41. The van der Waals surface area contributed by atoms with Crippen molar-refractivity contribution in [3.63, 3.8) is 0 Å². The van der Waals surface area contributed by atoms with Crippen LogP contribution >= 0.6 is 0 Å². The maximum atomic E-state index is 12.4. The average Bonchev–Trinajstić information content (AvgIpc) is 2.85. The number of morpholine rings is 1. The number of carboxylic acids is 1. The number of carbonyl (C=O) groups is 3. The van der Waals surface area contributed by atoms with Gasteiger partial charge in [0.2, 0.25) is 5.91 Å². The third kappa shape index (κ3) is 2.59. The normalized spacial score (nSPS) is 20.9. The monoisotopic (exact) mass is 290 g/mol. The summed E-state index contributed by atoms with van der Waals surface area (Å²) in [6.07, 6.45) is -0.667. The molecule has 2 heterocycles. The van der Waals surface area contributed by atoms with Crippen LogP contribution in [-0.2, 0) is 20.7 Å². The SMILES string of the molecule is O=C1Cc2ccc(C(=O)N3CCOC(C(=O)O)C3)cc2N1. The van der Waals surface area contributed by atoms with Crippen LogP contribution in [0, 0.1) is 0 Å². The molecule has 2 aliphatic heterocycles. The summed E-state index contributed by atoms with van der Waals surface area (Å²) in [6, 6.07) is 5.04. The molecule has 7 nitrogen and oxygen atoms in total. The van der Waals surface area contributed by atoms with Gasteiger partial charge in [0.25, 0.3) is 5.91 Å². The minimum atomic E-state index is -1.08. The van der Waals surface area contributed by atoms with Crippen LogP contribution < -0.4 is 5.32 Å². The molecule has 3 rings (SSSR count). The molecule has 0 aliphatic carbocycles. The summed E-state index contributed by atoms with van der Waals surface area (Å²) >= 11 is 0. The number of ether oxygens (including phenoxy) is 1. The van der Waals surface area contributed by atoms with Crippen molar-refractivity contribution in [2.45, 2.75) is 12.5 Å². The molecule has 0 aromatic heterocycles. The molecule has 1 aromatic carbocycles. The molecule has 1 fully saturated rings. The Bertz CT molecular complexity index is 628. The first-order chi connectivity index (χ1) is 10.0. The predicted octanol–water partition coefficient (Wildman–Crippen LogP) is 0.107. The Balaban J connectivity index is 1.78. The van der Waals surface area contributed by atoms with Crippen molar-refractivity contribution >= 4 is 23.5 Å². The van der Waals surface area contributed by atoms with Crippen LogP contribution in [-0.4, -0.2) is 53.6 Å². The van der Waals surface area contributed by atoms with Crippen LogP contribution in [0.1, 0.15) is 15.9 Å². The second-order valence-electron chi connectivity index (χ2n) is 5.05. The summed E-state index contributed by atoms with van der Waals surface area (Å²) in [5.74, 6) is -1.42. The van der Waals surface area contributed by atoms with E-state index in [-0.39, 0.29) is 25.0 Å². The molecule has 1 aromatic rings. The van der Waals surface area contributed by atoms with E-state index in [1.807, 2.05) is 0 Å². The number of nitrogens with one attached hydrogen (secondary N) is 1. The van der Waals surface area contributed by atoms with Gasteiger partial charge in [-0.15, -0.1) is 0 Å². The van der Waals surface area contributed by atoms with Gasteiger partial charge in [-0.1, -0.05) is 6.07 Å². The van der Waals surface area contributed by atoms with Crippen LogP contribution in [0.2, 0.25) is 0 Å². The fraction of sp³-hybridized carbons (Fsp3) is 0.357. The Morgan fingerprint density at radius 1 is 1.38 bits per heavy atom. The molecule has 7 heteroatoms. The number of amides is 2. The molecule has 0 radical (unpaired) electrons. The highest BCUT2D eigenvalue weighted by molar-refractivity contribution is 6.02. The predicted molar refractivity (Wildman–Crippen MR) is 72.1 cm³/mol. The minimum Gasteiger partial charge on any atom is -0.479 e. The van der Waals surface area contributed by atoms with E-state index in [1.165, 1.54) is 4.90 Å². The second-order valence-corrected chi connectivity index (χ2v) is 5.05. The Kier molecular flexibility index (Phi) is 3.34. The Morgan fingerprint density at radius 2 is 2.19 bits per heavy atom. The first-order valence-electron chi connectivity index (χ1n) is 6.61. The van der Waals surface area contributed by atoms with Crippen LogP contribution in [0.25, 0.3) is 0 Å². The van der Waals surface area contributed by atoms with E-state index >= 15 is 0 Å². The van der Waals surface area contributed by atoms with Crippen molar-refractivity contribution in [1.29, 1.82) is 0 Å². The lowest BCUT2D eigenvalue weighted by molar-refractivity contribution is -0.154. The number of nitrogens with zero attached hydrogens (tertiary/aromatic N) is 1. The highest BCUT2D eigenvalue weighted by Crippen LogP contribution is 2.25. The van der Waals surface area contributed by atoms with Crippen LogP contribution in [0.15, 0.2) is 18.2 Å². The fourth-order valence-electron chi connectivity index (χ4n) is 2.51. The Labute approximate surface area is 120 Å². The first kappa shape index (κ1) is 13.6. The van der Waals surface area contributed by atoms with Gasteiger partial charge in [-0.05, 0) is 17.7 Å².